The molecule has 2 fully saturated rings. The fourth-order valence-electron chi connectivity index (χ4n) is 9.26. The van der Waals surface area contributed by atoms with Gasteiger partial charge in [-0.1, -0.05) is 36.8 Å². The molecule has 1 aromatic rings. The van der Waals surface area contributed by atoms with E-state index in [-0.39, 0.29) is 104 Å². The Morgan fingerprint density at radius 3 is 2.27 bits per heavy atom. The number of unbranched alkanes of at least 4 members (excludes halogenated alkanes) is 3. The second kappa shape index (κ2) is 20.4. The first-order chi connectivity index (χ1) is 30.7. The number of allylic oxidation sites excluding steroid dienone is 2. The van der Waals surface area contributed by atoms with Crippen molar-refractivity contribution in [1.82, 2.24) is 30.7 Å². The number of Topliss-reactive ketones (excluding diaryl/α,β-unsaturated/α-hetero) is 2. The number of ether oxygens (including phenoxy) is 2. The number of nitrogens with one attached hydrogen (secondary N) is 3. The summed E-state index contributed by atoms with van der Waals surface area (Å²) in [6.07, 6.45) is 4.87. The predicted octanol–water partition coefficient (Wildman–Crippen LogP) is -0.689. The first-order valence-electron chi connectivity index (χ1n) is 21.7. The Kier molecular flexibility index (Phi) is 15.0. The van der Waals surface area contributed by atoms with Crippen molar-refractivity contribution in [2.45, 2.75) is 101 Å². The molecule has 64 heavy (non-hydrogen) atoms. The van der Waals surface area contributed by atoms with E-state index in [1.807, 2.05) is 30.3 Å². The summed E-state index contributed by atoms with van der Waals surface area (Å²) in [5.41, 5.74) is 16.5. The highest BCUT2D eigenvalue weighted by Gasteiger charge is 2.77. The fourth-order valence-corrected chi connectivity index (χ4v) is 9.26. The largest absolute Gasteiger partial charge is 0.449 e. The molecule has 0 saturated carbocycles. The fraction of sp³-hybridized carbons (Fsp3) is 0.523. The van der Waals surface area contributed by atoms with Gasteiger partial charge in [0, 0.05) is 69.3 Å². The summed E-state index contributed by atoms with van der Waals surface area (Å²) in [6.45, 7) is 1.98. The maximum Gasteiger partial charge on any atom is 0.404 e. The summed E-state index contributed by atoms with van der Waals surface area (Å²) in [4.78, 5) is 121. The average Bonchev–Trinajstić information content (AvgIpc) is 3.61. The number of nitrogens with zero attached hydrogens (tertiary/aromatic N) is 3. The minimum Gasteiger partial charge on any atom is -0.449 e. The zero-order chi connectivity index (χ0) is 46.3. The summed E-state index contributed by atoms with van der Waals surface area (Å²) in [7, 11) is 1.40. The number of hydrogen-bond donors (Lipinski definition) is 6. The van der Waals surface area contributed by atoms with Crippen LogP contribution in [0.2, 0.25) is 0 Å². The van der Waals surface area contributed by atoms with Gasteiger partial charge in [-0.3, -0.25) is 43.3 Å². The minimum absolute atomic E-state index is 0.0231. The van der Waals surface area contributed by atoms with Crippen LogP contribution >= 0.6 is 0 Å². The van der Waals surface area contributed by atoms with Gasteiger partial charge >= 0.3 is 6.09 Å². The molecule has 6 atom stereocenters. The molecule has 0 radical (unpaired) electrons. The van der Waals surface area contributed by atoms with Crippen LogP contribution in [0.5, 0.6) is 0 Å². The quantitative estimate of drug-likeness (QED) is 0.0343. The van der Waals surface area contributed by atoms with Crippen molar-refractivity contribution in [3.8, 4) is 0 Å². The number of ketones is 2. The van der Waals surface area contributed by atoms with E-state index in [0.29, 0.717) is 38.6 Å². The molecule has 5 unspecified atom stereocenters. The van der Waals surface area contributed by atoms with Crippen LogP contribution < -0.4 is 33.2 Å². The smallest absolute Gasteiger partial charge is 0.404 e. The molecule has 2 saturated heterocycles. The molecular formula is C44H57N9O11. The Hall–Kier alpha value is -6.41. The van der Waals surface area contributed by atoms with Crippen LogP contribution in [0.3, 0.4) is 0 Å². The monoisotopic (exact) mass is 887 g/mol. The highest BCUT2D eigenvalue weighted by atomic mass is 16.6. The molecular weight excluding hydrogens is 831 g/mol. The van der Waals surface area contributed by atoms with E-state index in [1.54, 1.807) is 9.80 Å². The van der Waals surface area contributed by atoms with Crippen molar-refractivity contribution in [3.63, 3.8) is 0 Å². The molecule has 7 amide bonds. The lowest BCUT2D eigenvalue weighted by Gasteiger charge is -2.41. The molecule has 0 spiro atoms. The Balaban J connectivity index is 1.03. The summed E-state index contributed by atoms with van der Waals surface area (Å²) < 4.78 is 11.2. The van der Waals surface area contributed by atoms with Crippen molar-refractivity contribution in [2.24, 2.45) is 23.1 Å². The van der Waals surface area contributed by atoms with Crippen LogP contribution in [-0.4, -0.2) is 138 Å². The third kappa shape index (κ3) is 9.71. The lowest BCUT2D eigenvalue weighted by molar-refractivity contribution is -0.153. The topological polar surface area (TPSA) is 296 Å². The maximum absolute atomic E-state index is 13.8. The Morgan fingerprint density at radius 2 is 1.59 bits per heavy atom. The normalized spacial score (nSPS) is 22.9. The van der Waals surface area contributed by atoms with Crippen molar-refractivity contribution in [3.05, 3.63) is 70.6 Å². The van der Waals surface area contributed by atoms with Crippen LogP contribution in [0.4, 0.5) is 4.79 Å². The van der Waals surface area contributed by atoms with E-state index in [2.05, 4.69) is 16.0 Å². The van der Waals surface area contributed by atoms with Crippen molar-refractivity contribution < 1.29 is 52.6 Å². The standard InChI is InChI=1S/C44H57N9O11/c1-25-36(46)39(59)35-27(24-64-43(47)62)44(63-2)40-30(23-52(44)37(35)38(25)58)53(40)34(57)16-11-20-48-41(60)28(14-8-9-19-45)50-42(61)29(22-26-12-5-3-6-13-26)49-31(54)15-7-4-10-21-51-32(55)17-18-33(51)56/h3,5-6,12-13,17-18,27-30,40H,4,7-11,14-16,19-24,45-46H2,1-2H3,(H2,47,62)(H,48,60)(H,49,54)(H,50,61)/t27?,28?,29-,30?,40?,44?,53?/m0/s1. The number of nitrogens with two attached hydrogens (primary N) is 3. The van der Waals surface area contributed by atoms with Gasteiger partial charge in [0.25, 0.3) is 11.8 Å². The molecule has 20 nitrogen and oxygen atoms in total. The lowest BCUT2D eigenvalue weighted by atomic mass is 9.82. The summed E-state index contributed by atoms with van der Waals surface area (Å²) in [5.74, 6) is -4.36. The summed E-state index contributed by atoms with van der Waals surface area (Å²) >= 11 is 0. The average molecular weight is 888 g/mol. The van der Waals surface area contributed by atoms with Crippen molar-refractivity contribution in [1.29, 1.82) is 0 Å². The molecule has 0 aromatic heterocycles. The number of carbonyl (C=O) groups excluding carboxylic acids is 9. The highest BCUT2D eigenvalue weighted by molar-refractivity contribution is 6.25. The van der Waals surface area contributed by atoms with Gasteiger partial charge in [-0.05, 0) is 57.6 Å². The number of primary amides is 1. The van der Waals surface area contributed by atoms with Gasteiger partial charge in [-0.25, -0.2) is 4.79 Å². The number of methoxy groups -OCH3 is 1. The third-order valence-electron chi connectivity index (χ3n) is 12.5. The molecule has 4 heterocycles. The van der Waals surface area contributed by atoms with E-state index in [1.165, 1.54) is 26.2 Å². The van der Waals surface area contributed by atoms with E-state index in [0.717, 1.165) is 10.5 Å². The summed E-state index contributed by atoms with van der Waals surface area (Å²) in [5, 5.41) is 8.49. The van der Waals surface area contributed by atoms with Crippen molar-refractivity contribution in [2.75, 3.05) is 39.9 Å². The van der Waals surface area contributed by atoms with Crippen LogP contribution in [0.15, 0.2) is 65.0 Å². The molecule has 9 N–H and O–H groups in total. The number of rotatable bonds is 23. The molecule has 1 aromatic carbocycles. The number of hydrogen-bond acceptors (Lipinski definition) is 14. The van der Waals surface area contributed by atoms with E-state index < -0.39 is 65.8 Å². The van der Waals surface area contributed by atoms with E-state index in [9.17, 15) is 43.2 Å². The molecule has 5 aliphatic rings. The number of piperazine rings is 1. The molecule has 4 aliphatic heterocycles. The third-order valence-corrected chi connectivity index (χ3v) is 12.5. The molecule has 20 heteroatoms. The molecule has 1 aliphatic carbocycles. The Bertz CT molecular complexity index is 2140. The SMILES string of the molecule is COC12C(COC(N)=O)C3=C(C(=O)C(C)=C(N)C3=O)N1CC1C2N1C(=O)CCCNC(=O)C(CCCCN)NC(=O)[C@H](Cc1ccccc1)NC(=O)CCCCCN1C(=O)C=CC1=O. The second-order valence-electron chi connectivity index (χ2n) is 16.5. The maximum atomic E-state index is 13.8. The van der Waals surface area contributed by atoms with Crippen LogP contribution in [0.25, 0.3) is 0 Å². The molecule has 6 rings (SSSR count). The predicted molar refractivity (Wildman–Crippen MR) is 227 cm³/mol. The first-order valence-corrected chi connectivity index (χ1v) is 21.7. The Morgan fingerprint density at radius 1 is 0.875 bits per heavy atom. The van der Waals surface area contributed by atoms with Crippen molar-refractivity contribution >= 4 is 53.1 Å². The van der Waals surface area contributed by atoms with Gasteiger partial charge in [-0.15, -0.1) is 0 Å². The Labute approximate surface area is 370 Å². The van der Waals surface area contributed by atoms with Crippen LogP contribution in [0, 0.1) is 5.92 Å². The van der Waals surface area contributed by atoms with Crippen LogP contribution in [-0.2, 0) is 54.3 Å². The number of imide groups is 1. The number of carbonyl (C=O) groups is 9. The van der Waals surface area contributed by atoms with Gasteiger partial charge in [0.2, 0.25) is 35.2 Å². The molecule has 0 bridgehead atoms. The van der Waals surface area contributed by atoms with Gasteiger partial charge in [0.1, 0.15) is 24.7 Å². The first kappa shape index (κ1) is 47.1. The van der Waals surface area contributed by atoms with Crippen LogP contribution in [0.1, 0.15) is 70.3 Å². The summed E-state index contributed by atoms with van der Waals surface area (Å²) in [6, 6.07) is 6.19. The molecule has 344 valence electrons. The van der Waals surface area contributed by atoms with Gasteiger partial charge < -0.3 is 52.4 Å². The minimum atomic E-state index is -1.41. The number of fused-ring (bicyclic) bond motifs is 4. The van der Waals surface area contributed by atoms with Gasteiger partial charge in [0.15, 0.2) is 5.72 Å². The van der Waals surface area contributed by atoms with E-state index in [4.69, 9.17) is 26.7 Å². The van der Waals surface area contributed by atoms with Gasteiger partial charge in [-0.2, -0.15) is 0 Å². The highest BCUT2D eigenvalue weighted by Crippen LogP contribution is 2.59. The number of benzene rings is 1. The van der Waals surface area contributed by atoms with E-state index >= 15 is 0 Å². The second-order valence-corrected chi connectivity index (χ2v) is 16.5. The zero-order valence-electron chi connectivity index (χ0n) is 36.1. The lowest BCUT2D eigenvalue weighted by Crippen LogP contribution is -2.56. The number of amides is 7. The zero-order valence-corrected chi connectivity index (χ0v) is 36.1. The van der Waals surface area contributed by atoms with Gasteiger partial charge in [0.05, 0.1) is 23.4 Å².